The zero-order valence-corrected chi connectivity index (χ0v) is 19.8. The van der Waals surface area contributed by atoms with Crippen molar-refractivity contribution in [2.75, 3.05) is 39.3 Å². The third kappa shape index (κ3) is 9.29. The number of piperazine rings is 1. The van der Waals surface area contributed by atoms with Crippen LogP contribution in [0.3, 0.4) is 0 Å². The standard InChI is InChI=1S/C23H28FN3O2.C2HF3O2/c1-18(19-6-3-2-4-7-19)17-27(23(29)20-8-5-9-21(24)16-20)13-10-22(28)26-14-11-25-12-15-26;3-2(4,5)1(6)7/h2-9,16,18,25H,10-15,17H2,1H3;(H,6,7). The van der Waals surface area contributed by atoms with Crippen LogP contribution in [0.1, 0.15) is 35.2 Å². The van der Waals surface area contributed by atoms with Gasteiger partial charge >= 0.3 is 12.1 Å². The van der Waals surface area contributed by atoms with E-state index in [0.717, 1.165) is 18.7 Å². The van der Waals surface area contributed by atoms with E-state index in [9.17, 15) is 27.2 Å². The summed E-state index contributed by atoms with van der Waals surface area (Å²) in [5, 5.41) is 10.4. The van der Waals surface area contributed by atoms with Crippen molar-refractivity contribution < 1.29 is 37.1 Å². The van der Waals surface area contributed by atoms with Gasteiger partial charge in [-0.1, -0.05) is 43.3 Å². The number of hydrogen-bond acceptors (Lipinski definition) is 4. The van der Waals surface area contributed by atoms with Crippen LogP contribution in [0.2, 0.25) is 0 Å². The molecule has 0 saturated carbocycles. The SMILES string of the molecule is CC(CN(CCC(=O)N1CCNCC1)C(=O)c1cccc(F)c1)c1ccccc1.O=C(O)C(F)(F)F. The number of hydrogen-bond donors (Lipinski definition) is 2. The fourth-order valence-electron chi connectivity index (χ4n) is 3.60. The van der Waals surface area contributed by atoms with Gasteiger partial charge in [0, 0.05) is 51.3 Å². The molecule has 1 aliphatic heterocycles. The first-order valence-electron chi connectivity index (χ1n) is 11.4. The van der Waals surface area contributed by atoms with E-state index in [1.54, 1.807) is 11.0 Å². The van der Waals surface area contributed by atoms with E-state index < -0.39 is 18.0 Å². The number of carboxylic acids is 1. The molecule has 1 unspecified atom stereocenters. The highest BCUT2D eigenvalue weighted by Gasteiger charge is 2.38. The number of carboxylic acid groups (broad SMARTS) is 1. The van der Waals surface area contributed by atoms with Crippen molar-refractivity contribution in [3.8, 4) is 0 Å². The molecule has 0 radical (unpaired) electrons. The summed E-state index contributed by atoms with van der Waals surface area (Å²) in [5.41, 5.74) is 1.43. The van der Waals surface area contributed by atoms with Gasteiger partial charge in [0.15, 0.2) is 0 Å². The number of nitrogens with one attached hydrogen (secondary N) is 1. The van der Waals surface area contributed by atoms with Gasteiger partial charge < -0.3 is 20.2 Å². The van der Waals surface area contributed by atoms with Gasteiger partial charge in [-0.2, -0.15) is 13.2 Å². The molecule has 2 aromatic rings. The number of carbonyl (C=O) groups excluding carboxylic acids is 2. The van der Waals surface area contributed by atoms with Crippen LogP contribution in [0.4, 0.5) is 17.6 Å². The molecule has 2 aromatic carbocycles. The van der Waals surface area contributed by atoms with Crippen molar-refractivity contribution in [1.82, 2.24) is 15.1 Å². The molecule has 0 aromatic heterocycles. The average molecular weight is 512 g/mol. The third-order valence-electron chi connectivity index (χ3n) is 5.53. The van der Waals surface area contributed by atoms with Crippen molar-refractivity contribution in [1.29, 1.82) is 0 Å². The molecule has 1 aliphatic rings. The summed E-state index contributed by atoms with van der Waals surface area (Å²) in [4.78, 5) is 38.1. The summed E-state index contributed by atoms with van der Waals surface area (Å²) >= 11 is 0. The molecule has 0 spiro atoms. The second-order valence-electron chi connectivity index (χ2n) is 8.26. The maximum atomic E-state index is 13.6. The molecule has 2 amide bonds. The van der Waals surface area contributed by atoms with Crippen LogP contribution in [-0.4, -0.2) is 78.1 Å². The molecule has 0 bridgehead atoms. The fraction of sp³-hybridized carbons (Fsp3) is 0.400. The summed E-state index contributed by atoms with van der Waals surface area (Å²) in [6.07, 6.45) is -4.82. The van der Waals surface area contributed by atoms with Gasteiger partial charge in [-0.3, -0.25) is 9.59 Å². The number of rotatable bonds is 7. The first-order chi connectivity index (χ1) is 17.0. The van der Waals surface area contributed by atoms with Gasteiger partial charge in [-0.25, -0.2) is 9.18 Å². The van der Waals surface area contributed by atoms with E-state index in [1.807, 2.05) is 35.2 Å². The van der Waals surface area contributed by atoms with Crippen LogP contribution in [0, 0.1) is 5.82 Å². The number of halogens is 4. The smallest absolute Gasteiger partial charge is 0.475 e. The van der Waals surface area contributed by atoms with Gasteiger partial charge in [0.25, 0.3) is 5.91 Å². The summed E-state index contributed by atoms with van der Waals surface area (Å²) in [6.45, 7) is 5.81. The van der Waals surface area contributed by atoms with Gasteiger partial charge in [-0.15, -0.1) is 0 Å². The molecule has 0 aliphatic carbocycles. The molecule has 1 atom stereocenters. The number of carbonyl (C=O) groups is 3. The summed E-state index contributed by atoms with van der Waals surface area (Å²) in [7, 11) is 0. The minimum absolute atomic E-state index is 0.0518. The first kappa shape index (κ1) is 28.8. The van der Waals surface area contributed by atoms with Crippen molar-refractivity contribution in [2.24, 2.45) is 0 Å². The molecule has 36 heavy (non-hydrogen) atoms. The number of amides is 2. The molecule has 11 heteroatoms. The van der Waals surface area contributed by atoms with Gasteiger partial charge in [0.05, 0.1) is 0 Å². The Morgan fingerprint density at radius 2 is 1.67 bits per heavy atom. The minimum Gasteiger partial charge on any atom is -0.475 e. The molecule has 1 fully saturated rings. The number of aliphatic carboxylic acids is 1. The van der Waals surface area contributed by atoms with Gasteiger partial charge in [0.2, 0.25) is 5.91 Å². The zero-order valence-electron chi connectivity index (χ0n) is 19.8. The van der Waals surface area contributed by atoms with Crippen molar-refractivity contribution in [2.45, 2.75) is 25.4 Å². The molecule has 2 N–H and O–H groups in total. The van der Waals surface area contributed by atoms with Crippen LogP contribution < -0.4 is 5.32 Å². The maximum Gasteiger partial charge on any atom is 0.490 e. The Morgan fingerprint density at radius 1 is 1.06 bits per heavy atom. The van der Waals surface area contributed by atoms with E-state index >= 15 is 0 Å². The lowest BCUT2D eigenvalue weighted by molar-refractivity contribution is -0.192. The lowest BCUT2D eigenvalue weighted by Crippen LogP contribution is -2.47. The van der Waals surface area contributed by atoms with Crippen LogP contribution in [0.15, 0.2) is 54.6 Å². The molecule has 7 nitrogen and oxygen atoms in total. The Labute approximate surface area is 206 Å². The lowest BCUT2D eigenvalue weighted by Gasteiger charge is -2.30. The highest BCUT2D eigenvalue weighted by atomic mass is 19.4. The van der Waals surface area contributed by atoms with Crippen molar-refractivity contribution in [3.63, 3.8) is 0 Å². The highest BCUT2D eigenvalue weighted by Crippen LogP contribution is 2.19. The van der Waals surface area contributed by atoms with E-state index in [0.29, 0.717) is 31.7 Å². The topological polar surface area (TPSA) is 90.0 Å². The molecule has 1 saturated heterocycles. The fourth-order valence-corrected chi connectivity index (χ4v) is 3.60. The zero-order chi connectivity index (χ0) is 26.7. The van der Waals surface area contributed by atoms with Crippen LogP contribution >= 0.6 is 0 Å². The summed E-state index contributed by atoms with van der Waals surface area (Å²) in [6, 6.07) is 15.7. The number of alkyl halides is 3. The lowest BCUT2D eigenvalue weighted by atomic mass is 10.00. The Balaban J connectivity index is 0.000000572. The Kier molecular flexibility index (Phi) is 10.8. The second kappa shape index (κ2) is 13.6. The Hall–Kier alpha value is -3.47. The third-order valence-corrected chi connectivity index (χ3v) is 5.53. The van der Waals surface area contributed by atoms with E-state index in [4.69, 9.17) is 9.90 Å². The molecular weight excluding hydrogens is 482 g/mol. The minimum atomic E-state index is -5.08. The van der Waals surface area contributed by atoms with Gasteiger partial charge in [0.1, 0.15) is 5.82 Å². The highest BCUT2D eigenvalue weighted by molar-refractivity contribution is 5.94. The normalized spacial score (nSPS) is 14.3. The molecule has 196 valence electrons. The Morgan fingerprint density at radius 3 is 2.22 bits per heavy atom. The maximum absolute atomic E-state index is 13.6. The summed E-state index contributed by atoms with van der Waals surface area (Å²) in [5.74, 6) is -3.30. The summed E-state index contributed by atoms with van der Waals surface area (Å²) < 4.78 is 45.4. The average Bonchev–Trinajstić information content (AvgIpc) is 2.86. The van der Waals surface area contributed by atoms with Crippen LogP contribution in [0.25, 0.3) is 0 Å². The molecule has 3 rings (SSSR count). The molecule has 1 heterocycles. The van der Waals surface area contributed by atoms with Crippen molar-refractivity contribution >= 4 is 17.8 Å². The Bertz CT molecular complexity index is 1010. The predicted octanol–water partition coefficient (Wildman–Crippen LogP) is 3.53. The van der Waals surface area contributed by atoms with E-state index in [-0.39, 0.29) is 24.2 Å². The first-order valence-corrected chi connectivity index (χ1v) is 11.4. The predicted molar refractivity (Wildman–Crippen MR) is 125 cm³/mol. The van der Waals surface area contributed by atoms with Crippen LogP contribution in [0.5, 0.6) is 0 Å². The largest absolute Gasteiger partial charge is 0.490 e. The van der Waals surface area contributed by atoms with Crippen molar-refractivity contribution in [3.05, 3.63) is 71.5 Å². The number of nitrogens with zero attached hydrogens (tertiary/aromatic N) is 2. The van der Waals surface area contributed by atoms with E-state index in [1.165, 1.54) is 18.2 Å². The second-order valence-corrected chi connectivity index (χ2v) is 8.26. The monoisotopic (exact) mass is 511 g/mol. The van der Waals surface area contributed by atoms with E-state index in [2.05, 4.69) is 12.2 Å². The number of benzene rings is 2. The quantitative estimate of drug-likeness (QED) is 0.556. The van der Waals surface area contributed by atoms with Gasteiger partial charge in [-0.05, 0) is 29.7 Å². The molecular formula is C25H29F4N3O4. The van der Waals surface area contributed by atoms with Crippen LogP contribution in [-0.2, 0) is 9.59 Å².